The standard InChI is InChI=1S/C17H22N4O3/c1-2-18-17(22)21-10-6-7-13(11-21)16-20-19-15(24-16)12-23-14-8-4-3-5-9-14/h3-5,8-9,13H,2,6-7,10-12H2,1H3,(H,18,22). The molecule has 7 heteroatoms. The fourth-order valence-corrected chi connectivity index (χ4v) is 2.78. The number of ether oxygens (including phenoxy) is 1. The fraction of sp³-hybridized carbons (Fsp3) is 0.471. The minimum absolute atomic E-state index is 0.0330. The van der Waals surface area contributed by atoms with Crippen LogP contribution in [0.25, 0.3) is 0 Å². The maximum Gasteiger partial charge on any atom is 0.317 e. The third-order valence-electron chi connectivity index (χ3n) is 3.97. The summed E-state index contributed by atoms with van der Waals surface area (Å²) < 4.78 is 11.3. The molecule has 2 aromatic rings. The van der Waals surface area contributed by atoms with Gasteiger partial charge in [-0.15, -0.1) is 10.2 Å². The fourth-order valence-electron chi connectivity index (χ4n) is 2.78. The lowest BCUT2D eigenvalue weighted by molar-refractivity contribution is 0.173. The first-order valence-corrected chi connectivity index (χ1v) is 8.29. The molecule has 0 bridgehead atoms. The Kier molecular flexibility index (Phi) is 5.30. The van der Waals surface area contributed by atoms with E-state index in [9.17, 15) is 4.79 Å². The van der Waals surface area contributed by atoms with Gasteiger partial charge < -0.3 is 19.4 Å². The zero-order valence-electron chi connectivity index (χ0n) is 13.8. The van der Waals surface area contributed by atoms with Gasteiger partial charge in [-0.2, -0.15) is 0 Å². The Hall–Kier alpha value is -2.57. The number of rotatable bonds is 5. The van der Waals surface area contributed by atoms with Gasteiger partial charge in [0.1, 0.15) is 5.75 Å². The average molecular weight is 330 g/mol. The molecular formula is C17H22N4O3. The average Bonchev–Trinajstić information content (AvgIpc) is 3.10. The van der Waals surface area contributed by atoms with Crippen molar-refractivity contribution in [1.82, 2.24) is 20.4 Å². The molecule has 2 heterocycles. The smallest absolute Gasteiger partial charge is 0.317 e. The SMILES string of the molecule is CCNC(=O)N1CCCC(c2nnc(COc3ccccc3)o2)C1. The molecule has 1 unspecified atom stereocenters. The molecule has 3 rings (SSSR count). The summed E-state index contributed by atoms with van der Waals surface area (Å²) >= 11 is 0. The number of amides is 2. The molecular weight excluding hydrogens is 308 g/mol. The van der Waals surface area contributed by atoms with Crippen molar-refractivity contribution in [1.29, 1.82) is 0 Å². The van der Waals surface area contributed by atoms with Crippen LogP contribution in [0.15, 0.2) is 34.7 Å². The van der Waals surface area contributed by atoms with E-state index < -0.39 is 0 Å². The number of carbonyl (C=O) groups excluding carboxylic acids is 1. The maximum atomic E-state index is 12.0. The molecule has 24 heavy (non-hydrogen) atoms. The molecule has 128 valence electrons. The molecule has 7 nitrogen and oxygen atoms in total. The molecule has 0 saturated carbocycles. The molecule has 0 aliphatic carbocycles. The Bertz CT molecular complexity index is 659. The number of nitrogens with zero attached hydrogens (tertiary/aromatic N) is 3. The highest BCUT2D eigenvalue weighted by molar-refractivity contribution is 5.74. The van der Waals surface area contributed by atoms with E-state index in [0.29, 0.717) is 24.9 Å². The Labute approximate surface area is 141 Å². The summed E-state index contributed by atoms with van der Waals surface area (Å²) in [4.78, 5) is 13.8. The van der Waals surface area contributed by atoms with Gasteiger partial charge in [0.2, 0.25) is 5.89 Å². The number of carbonyl (C=O) groups is 1. The number of aromatic nitrogens is 2. The lowest BCUT2D eigenvalue weighted by Gasteiger charge is -2.30. The second-order valence-corrected chi connectivity index (χ2v) is 5.76. The van der Waals surface area contributed by atoms with Gasteiger partial charge in [-0.05, 0) is 31.9 Å². The third kappa shape index (κ3) is 4.04. The van der Waals surface area contributed by atoms with Gasteiger partial charge in [0.15, 0.2) is 6.61 Å². The van der Waals surface area contributed by atoms with E-state index >= 15 is 0 Å². The summed E-state index contributed by atoms with van der Waals surface area (Å²) in [6.07, 6.45) is 1.87. The topological polar surface area (TPSA) is 80.5 Å². The molecule has 1 aliphatic rings. The van der Waals surface area contributed by atoms with E-state index in [1.54, 1.807) is 0 Å². The lowest BCUT2D eigenvalue weighted by atomic mass is 9.98. The van der Waals surface area contributed by atoms with Crippen molar-refractivity contribution in [2.75, 3.05) is 19.6 Å². The van der Waals surface area contributed by atoms with Crippen LogP contribution in [0.1, 0.15) is 37.5 Å². The number of hydrogen-bond acceptors (Lipinski definition) is 5. The summed E-state index contributed by atoms with van der Waals surface area (Å²) in [5.74, 6) is 1.87. The predicted molar refractivity (Wildman–Crippen MR) is 87.7 cm³/mol. The van der Waals surface area contributed by atoms with Crippen molar-refractivity contribution >= 4 is 6.03 Å². The molecule has 2 amide bonds. The van der Waals surface area contributed by atoms with Crippen molar-refractivity contribution in [3.8, 4) is 5.75 Å². The predicted octanol–water partition coefficient (Wildman–Crippen LogP) is 2.56. The van der Waals surface area contributed by atoms with Crippen molar-refractivity contribution < 1.29 is 13.9 Å². The number of nitrogens with one attached hydrogen (secondary N) is 1. The van der Waals surface area contributed by atoms with Crippen molar-refractivity contribution in [2.45, 2.75) is 32.3 Å². The Balaban J connectivity index is 1.57. The van der Waals surface area contributed by atoms with E-state index in [0.717, 1.165) is 25.1 Å². The largest absolute Gasteiger partial charge is 0.484 e. The molecule has 0 radical (unpaired) electrons. The van der Waals surface area contributed by atoms with Crippen LogP contribution in [-0.2, 0) is 6.61 Å². The van der Waals surface area contributed by atoms with Crippen LogP contribution in [0, 0.1) is 0 Å². The zero-order chi connectivity index (χ0) is 16.8. The van der Waals surface area contributed by atoms with Crippen LogP contribution < -0.4 is 10.1 Å². The number of urea groups is 1. The second kappa shape index (κ2) is 7.81. The lowest BCUT2D eigenvalue weighted by Crippen LogP contribution is -2.44. The number of hydrogen-bond donors (Lipinski definition) is 1. The van der Waals surface area contributed by atoms with Crippen LogP contribution in [0.2, 0.25) is 0 Å². The van der Waals surface area contributed by atoms with Gasteiger partial charge in [-0.25, -0.2) is 4.79 Å². The quantitative estimate of drug-likeness (QED) is 0.911. The summed E-state index contributed by atoms with van der Waals surface area (Å²) in [5.41, 5.74) is 0. The van der Waals surface area contributed by atoms with Gasteiger partial charge in [-0.1, -0.05) is 18.2 Å². The van der Waals surface area contributed by atoms with Crippen molar-refractivity contribution in [3.05, 3.63) is 42.1 Å². The molecule has 1 aromatic carbocycles. The van der Waals surface area contributed by atoms with E-state index in [1.165, 1.54) is 0 Å². The molecule has 1 aromatic heterocycles. The number of likely N-dealkylation sites (tertiary alicyclic amines) is 1. The highest BCUT2D eigenvalue weighted by Crippen LogP contribution is 2.26. The minimum Gasteiger partial charge on any atom is -0.484 e. The molecule has 1 aliphatic heterocycles. The Morgan fingerprint density at radius 2 is 2.21 bits per heavy atom. The number of piperidine rings is 1. The highest BCUT2D eigenvalue weighted by atomic mass is 16.5. The highest BCUT2D eigenvalue weighted by Gasteiger charge is 2.28. The van der Waals surface area contributed by atoms with Crippen LogP contribution in [-0.4, -0.2) is 40.8 Å². The van der Waals surface area contributed by atoms with Gasteiger partial charge >= 0.3 is 6.03 Å². The van der Waals surface area contributed by atoms with E-state index in [2.05, 4.69) is 15.5 Å². The zero-order valence-corrected chi connectivity index (χ0v) is 13.8. The molecule has 0 spiro atoms. The normalized spacial score (nSPS) is 17.5. The summed E-state index contributed by atoms with van der Waals surface area (Å²) in [7, 11) is 0. The molecule has 1 atom stereocenters. The monoisotopic (exact) mass is 330 g/mol. The molecule has 1 fully saturated rings. The van der Waals surface area contributed by atoms with Crippen molar-refractivity contribution in [3.63, 3.8) is 0 Å². The van der Waals surface area contributed by atoms with Crippen LogP contribution in [0.4, 0.5) is 4.79 Å². The first kappa shape index (κ1) is 16.3. The first-order chi connectivity index (χ1) is 11.8. The Morgan fingerprint density at radius 3 is 3.00 bits per heavy atom. The maximum absolute atomic E-state index is 12.0. The molecule has 1 saturated heterocycles. The van der Waals surface area contributed by atoms with Crippen LogP contribution in [0.3, 0.4) is 0 Å². The Morgan fingerprint density at radius 1 is 1.38 bits per heavy atom. The minimum atomic E-state index is -0.0330. The van der Waals surface area contributed by atoms with Crippen LogP contribution in [0.5, 0.6) is 5.75 Å². The van der Waals surface area contributed by atoms with Crippen LogP contribution >= 0.6 is 0 Å². The van der Waals surface area contributed by atoms with Gasteiger partial charge in [0.25, 0.3) is 5.89 Å². The summed E-state index contributed by atoms with van der Waals surface area (Å²) in [6.45, 7) is 4.15. The molecule has 1 N–H and O–H groups in total. The number of para-hydroxylation sites is 1. The van der Waals surface area contributed by atoms with Gasteiger partial charge in [0.05, 0.1) is 5.92 Å². The van der Waals surface area contributed by atoms with Crippen molar-refractivity contribution in [2.24, 2.45) is 0 Å². The number of benzene rings is 1. The third-order valence-corrected chi connectivity index (χ3v) is 3.97. The van der Waals surface area contributed by atoms with E-state index in [1.807, 2.05) is 42.2 Å². The first-order valence-electron chi connectivity index (χ1n) is 8.29. The summed E-state index contributed by atoms with van der Waals surface area (Å²) in [6, 6.07) is 9.47. The summed E-state index contributed by atoms with van der Waals surface area (Å²) in [5, 5.41) is 11.0. The van der Waals surface area contributed by atoms with Gasteiger partial charge in [-0.3, -0.25) is 0 Å². The van der Waals surface area contributed by atoms with Gasteiger partial charge in [0, 0.05) is 19.6 Å². The second-order valence-electron chi connectivity index (χ2n) is 5.76. The van der Waals surface area contributed by atoms with E-state index in [4.69, 9.17) is 9.15 Å². The van der Waals surface area contributed by atoms with E-state index in [-0.39, 0.29) is 18.6 Å².